The Kier molecular flexibility index (Phi) is 3.76. The number of nitrogens with zero attached hydrogens (tertiary/aromatic N) is 2. The van der Waals surface area contributed by atoms with E-state index in [0.29, 0.717) is 6.54 Å². The highest BCUT2D eigenvalue weighted by atomic mass is 16.5. The molecule has 1 atom stereocenters. The van der Waals surface area contributed by atoms with Crippen molar-refractivity contribution in [1.29, 1.82) is 0 Å². The molecule has 0 bridgehead atoms. The molecule has 0 radical (unpaired) electrons. The Morgan fingerprint density at radius 2 is 1.94 bits per heavy atom. The lowest BCUT2D eigenvalue weighted by Gasteiger charge is -2.42. The van der Waals surface area contributed by atoms with Crippen LogP contribution >= 0.6 is 0 Å². The molecule has 0 spiro atoms. The average Bonchev–Trinajstić information content (AvgIpc) is 2.39. The third kappa shape index (κ3) is 2.33. The number of likely N-dealkylation sites (N-methyl/N-ethyl adjacent to an activating group) is 1. The lowest BCUT2D eigenvalue weighted by atomic mass is 10.2. The molecule has 2 rings (SSSR count). The zero-order chi connectivity index (χ0) is 12.3. The summed E-state index contributed by atoms with van der Waals surface area (Å²) in [5, 5.41) is 3.74. The number of carbonyl (C=O) groups is 1. The Hall–Kier alpha value is -1.39. The molecule has 1 saturated heterocycles. The van der Waals surface area contributed by atoms with Crippen molar-refractivity contribution in [3.63, 3.8) is 0 Å². The second kappa shape index (κ2) is 5.29. The van der Waals surface area contributed by atoms with Crippen molar-refractivity contribution in [2.24, 2.45) is 0 Å². The fraction of sp³-hybridized carbons (Fsp3) is 0.462. The van der Waals surface area contributed by atoms with E-state index in [1.54, 1.807) is 5.01 Å². The fourth-order valence-corrected chi connectivity index (χ4v) is 2.16. The molecule has 1 unspecified atom stereocenters. The lowest BCUT2D eigenvalue weighted by Crippen LogP contribution is -2.54. The SMILES string of the molecule is CCN1C(=O)COC(c2ccccc2)N1CC. The van der Waals surface area contributed by atoms with Crippen LogP contribution in [-0.2, 0) is 9.53 Å². The maximum absolute atomic E-state index is 11.7. The lowest BCUT2D eigenvalue weighted by molar-refractivity contribution is -0.217. The van der Waals surface area contributed by atoms with Crippen molar-refractivity contribution in [2.45, 2.75) is 20.1 Å². The molecule has 4 nitrogen and oxygen atoms in total. The molecule has 1 aliphatic heterocycles. The Morgan fingerprint density at radius 1 is 1.24 bits per heavy atom. The molecule has 4 heteroatoms. The van der Waals surface area contributed by atoms with Crippen LogP contribution in [0.25, 0.3) is 0 Å². The smallest absolute Gasteiger partial charge is 0.263 e. The predicted octanol–water partition coefficient (Wildman–Crippen LogP) is 1.80. The molecule has 1 fully saturated rings. The first-order chi connectivity index (χ1) is 8.27. The number of benzene rings is 1. The third-order valence-corrected chi connectivity index (χ3v) is 2.94. The molecule has 0 aromatic heterocycles. The molecule has 1 heterocycles. The van der Waals surface area contributed by atoms with Gasteiger partial charge in [0.25, 0.3) is 5.91 Å². The molecule has 17 heavy (non-hydrogen) atoms. The van der Waals surface area contributed by atoms with E-state index in [4.69, 9.17) is 4.74 Å². The largest absolute Gasteiger partial charge is 0.347 e. The third-order valence-electron chi connectivity index (χ3n) is 2.94. The van der Waals surface area contributed by atoms with Crippen LogP contribution in [0, 0.1) is 0 Å². The minimum absolute atomic E-state index is 0.0292. The van der Waals surface area contributed by atoms with Gasteiger partial charge in [0, 0.05) is 13.1 Å². The highest BCUT2D eigenvalue weighted by Gasteiger charge is 2.33. The number of carbonyl (C=O) groups excluding carboxylic acids is 1. The summed E-state index contributed by atoms with van der Waals surface area (Å²) in [5.41, 5.74) is 1.08. The first-order valence-electron chi connectivity index (χ1n) is 6.01. The molecule has 0 N–H and O–H groups in total. The fourth-order valence-electron chi connectivity index (χ4n) is 2.16. The standard InChI is InChI=1S/C13H18N2O2/c1-3-14-12(16)10-17-13(15(14)4-2)11-8-6-5-7-9-11/h5-9,13H,3-4,10H2,1-2H3. The molecule has 0 aliphatic carbocycles. The maximum Gasteiger partial charge on any atom is 0.263 e. The van der Waals surface area contributed by atoms with Gasteiger partial charge in [0.2, 0.25) is 0 Å². The van der Waals surface area contributed by atoms with E-state index >= 15 is 0 Å². The minimum Gasteiger partial charge on any atom is -0.347 e. The maximum atomic E-state index is 11.7. The molecule has 0 saturated carbocycles. The van der Waals surface area contributed by atoms with E-state index in [9.17, 15) is 4.79 Å². The van der Waals surface area contributed by atoms with Crippen LogP contribution in [0.3, 0.4) is 0 Å². The summed E-state index contributed by atoms with van der Waals surface area (Å²) in [7, 11) is 0. The molecular formula is C13H18N2O2. The van der Waals surface area contributed by atoms with Gasteiger partial charge in [0.1, 0.15) is 6.61 Å². The zero-order valence-corrected chi connectivity index (χ0v) is 10.3. The normalized spacial score (nSPS) is 21.9. The Labute approximate surface area is 102 Å². The van der Waals surface area contributed by atoms with E-state index in [2.05, 4.69) is 0 Å². The summed E-state index contributed by atoms with van der Waals surface area (Å²) in [4.78, 5) is 11.7. The van der Waals surface area contributed by atoms with Crippen molar-refractivity contribution in [3.8, 4) is 0 Å². The van der Waals surface area contributed by atoms with Gasteiger partial charge in [0.05, 0.1) is 0 Å². The first kappa shape index (κ1) is 12.1. The summed E-state index contributed by atoms with van der Waals surface area (Å²) in [6, 6.07) is 10.00. The molecule has 92 valence electrons. The number of hydrogen-bond acceptors (Lipinski definition) is 3. The average molecular weight is 234 g/mol. The van der Waals surface area contributed by atoms with E-state index in [1.807, 2.05) is 49.2 Å². The second-order valence-corrected chi connectivity index (χ2v) is 3.94. The Balaban J connectivity index is 2.25. The van der Waals surface area contributed by atoms with Crippen molar-refractivity contribution in [2.75, 3.05) is 19.7 Å². The Bertz CT molecular complexity index is 380. The molecule has 1 amide bonds. The van der Waals surface area contributed by atoms with E-state index in [1.165, 1.54) is 0 Å². The number of hydrogen-bond donors (Lipinski definition) is 0. The van der Waals surface area contributed by atoms with Crippen LogP contribution in [0.15, 0.2) is 30.3 Å². The minimum atomic E-state index is -0.154. The van der Waals surface area contributed by atoms with Crippen LogP contribution in [0.1, 0.15) is 25.6 Å². The van der Waals surface area contributed by atoms with Crippen LogP contribution in [0.2, 0.25) is 0 Å². The van der Waals surface area contributed by atoms with Gasteiger partial charge in [-0.05, 0) is 12.5 Å². The van der Waals surface area contributed by atoms with Crippen molar-refractivity contribution in [1.82, 2.24) is 10.0 Å². The quantitative estimate of drug-likeness (QED) is 0.799. The van der Waals surface area contributed by atoms with Gasteiger partial charge in [-0.15, -0.1) is 0 Å². The topological polar surface area (TPSA) is 32.8 Å². The molecular weight excluding hydrogens is 216 g/mol. The van der Waals surface area contributed by atoms with Gasteiger partial charge < -0.3 is 4.74 Å². The summed E-state index contributed by atoms with van der Waals surface area (Å²) in [6.07, 6.45) is -0.154. The van der Waals surface area contributed by atoms with Crippen molar-refractivity contribution in [3.05, 3.63) is 35.9 Å². The first-order valence-corrected chi connectivity index (χ1v) is 6.01. The second-order valence-electron chi connectivity index (χ2n) is 3.94. The zero-order valence-electron chi connectivity index (χ0n) is 10.3. The Morgan fingerprint density at radius 3 is 2.53 bits per heavy atom. The molecule has 1 aromatic rings. The van der Waals surface area contributed by atoms with Gasteiger partial charge in [-0.1, -0.05) is 37.3 Å². The summed E-state index contributed by atoms with van der Waals surface area (Å²) < 4.78 is 5.65. The van der Waals surface area contributed by atoms with Crippen LogP contribution < -0.4 is 0 Å². The monoisotopic (exact) mass is 234 g/mol. The van der Waals surface area contributed by atoms with E-state index in [-0.39, 0.29) is 18.7 Å². The van der Waals surface area contributed by atoms with Gasteiger partial charge in [-0.25, -0.2) is 0 Å². The van der Waals surface area contributed by atoms with Crippen molar-refractivity contribution < 1.29 is 9.53 Å². The predicted molar refractivity (Wildman–Crippen MR) is 64.9 cm³/mol. The van der Waals surface area contributed by atoms with Crippen LogP contribution in [0.4, 0.5) is 0 Å². The van der Waals surface area contributed by atoms with Gasteiger partial charge in [-0.2, -0.15) is 5.01 Å². The molecule has 1 aliphatic rings. The summed E-state index contributed by atoms with van der Waals surface area (Å²) in [5.74, 6) is 0.0292. The summed E-state index contributed by atoms with van der Waals surface area (Å²) >= 11 is 0. The molecule has 1 aromatic carbocycles. The highest BCUT2D eigenvalue weighted by molar-refractivity contribution is 5.77. The van der Waals surface area contributed by atoms with Crippen LogP contribution in [0.5, 0.6) is 0 Å². The van der Waals surface area contributed by atoms with Gasteiger partial charge in [-0.3, -0.25) is 9.80 Å². The van der Waals surface area contributed by atoms with E-state index < -0.39 is 0 Å². The van der Waals surface area contributed by atoms with E-state index in [0.717, 1.165) is 12.1 Å². The van der Waals surface area contributed by atoms with Crippen LogP contribution in [-0.4, -0.2) is 35.6 Å². The number of rotatable bonds is 3. The number of amides is 1. The summed E-state index contributed by atoms with van der Waals surface area (Å²) in [6.45, 7) is 5.59. The van der Waals surface area contributed by atoms with Gasteiger partial charge >= 0.3 is 0 Å². The highest BCUT2D eigenvalue weighted by Crippen LogP contribution is 2.27. The van der Waals surface area contributed by atoms with Gasteiger partial charge in [0.15, 0.2) is 6.23 Å². The van der Waals surface area contributed by atoms with Crippen molar-refractivity contribution >= 4 is 5.91 Å². The number of hydrazine groups is 1. The number of ether oxygens (including phenoxy) is 1.